The summed E-state index contributed by atoms with van der Waals surface area (Å²) in [5.41, 5.74) is 2.25. The van der Waals surface area contributed by atoms with Gasteiger partial charge in [-0.05, 0) is 24.1 Å². The van der Waals surface area contributed by atoms with Crippen LogP contribution in [0.4, 0.5) is 5.69 Å². The zero-order valence-corrected chi connectivity index (χ0v) is 18.7. The van der Waals surface area contributed by atoms with Crippen LogP contribution in [0, 0.1) is 0 Å². The van der Waals surface area contributed by atoms with Crippen LogP contribution in [-0.2, 0) is 4.79 Å². The van der Waals surface area contributed by atoms with Crippen molar-refractivity contribution in [3.63, 3.8) is 0 Å². The number of rotatable bonds is 7. The molecule has 0 saturated carbocycles. The Kier molecular flexibility index (Phi) is 6.39. The van der Waals surface area contributed by atoms with Crippen LogP contribution >= 0.6 is 23.1 Å². The van der Waals surface area contributed by atoms with Crippen molar-refractivity contribution in [2.75, 3.05) is 12.4 Å². The van der Waals surface area contributed by atoms with Crippen molar-refractivity contribution < 1.29 is 9.53 Å². The Hall–Kier alpha value is -3.10. The van der Waals surface area contributed by atoms with Gasteiger partial charge in [0.05, 0.1) is 23.4 Å². The lowest BCUT2D eigenvalue weighted by molar-refractivity contribution is -0.115. The number of hydrogen-bond acceptors (Lipinski definition) is 6. The second-order valence-electron chi connectivity index (χ2n) is 6.77. The molecule has 4 rings (SSSR count). The molecule has 2 aromatic carbocycles. The number of aromatic amines is 1. The lowest BCUT2D eigenvalue weighted by Gasteiger charge is -2.15. The topological polar surface area (TPSA) is 84.1 Å². The quantitative estimate of drug-likeness (QED) is 0.299. The van der Waals surface area contributed by atoms with Crippen LogP contribution in [0.2, 0.25) is 0 Å². The zero-order valence-electron chi connectivity index (χ0n) is 17.0. The number of anilines is 1. The molecule has 0 radical (unpaired) electrons. The number of benzene rings is 2. The lowest BCUT2D eigenvalue weighted by atomic mass is 10.1. The minimum absolute atomic E-state index is 0.170. The summed E-state index contributed by atoms with van der Waals surface area (Å²) in [5, 5.41) is 5.44. The van der Waals surface area contributed by atoms with Crippen molar-refractivity contribution >= 4 is 44.9 Å². The average Bonchev–Trinajstić information content (AvgIpc) is 3.23. The fourth-order valence-corrected chi connectivity index (χ4v) is 5.14. The van der Waals surface area contributed by atoms with E-state index in [4.69, 9.17) is 4.74 Å². The predicted octanol–water partition coefficient (Wildman–Crippen LogP) is 5.17. The van der Waals surface area contributed by atoms with Crippen LogP contribution in [0.3, 0.4) is 0 Å². The molecule has 6 nitrogen and oxygen atoms in total. The van der Waals surface area contributed by atoms with E-state index in [0.29, 0.717) is 33.2 Å². The third kappa shape index (κ3) is 4.50. The first-order chi connectivity index (χ1) is 15.1. The normalized spacial score (nSPS) is 11.9. The number of amides is 1. The van der Waals surface area contributed by atoms with E-state index in [1.807, 2.05) is 54.8 Å². The minimum Gasteiger partial charge on any atom is -0.495 e. The summed E-state index contributed by atoms with van der Waals surface area (Å²) < 4.78 is 5.30. The number of fused-ring (bicyclic) bond motifs is 1. The Morgan fingerprint density at radius 2 is 1.94 bits per heavy atom. The van der Waals surface area contributed by atoms with E-state index >= 15 is 0 Å². The number of nitrogens with one attached hydrogen (secondary N) is 2. The van der Waals surface area contributed by atoms with Crippen LogP contribution < -0.4 is 15.6 Å². The second kappa shape index (κ2) is 9.36. The molecular weight excluding hydrogens is 430 g/mol. The molecule has 8 heteroatoms. The molecule has 0 fully saturated rings. The monoisotopic (exact) mass is 451 g/mol. The number of nitrogens with zero attached hydrogens (tertiary/aromatic N) is 1. The van der Waals surface area contributed by atoms with E-state index in [1.165, 1.54) is 23.1 Å². The van der Waals surface area contributed by atoms with Crippen molar-refractivity contribution in [2.24, 2.45) is 0 Å². The van der Waals surface area contributed by atoms with Crippen LogP contribution in [0.15, 0.2) is 69.9 Å². The van der Waals surface area contributed by atoms with Crippen LogP contribution in [-0.4, -0.2) is 28.2 Å². The molecule has 0 aliphatic heterocycles. The zero-order chi connectivity index (χ0) is 21.8. The van der Waals surface area contributed by atoms with Gasteiger partial charge >= 0.3 is 0 Å². The van der Waals surface area contributed by atoms with Crippen LogP contribution in [0.5, 0.6) is 5.75 Å². The molecule has 0 aliphatic carbocycles. The average molecular weight is 452 g/mol. The number of carbonyl (C=O) groups is 1. The molecule has 1 amide bonds. The number of methoxy groups -OCH3 is 1. The van der Waals surface area contributed by atoms with E-state index in [0.717, 1.165) is 11.1 Å². The fourth-order valence-electron chi connectivity index (χ4n) is 3.23. The molecular formula is C23H21N3O3S2. The first kappa shape index (κ1) is 21.1. The number of hydrogen-bond donors (Lipinski definition) is 2. The minimum atomic E-state index is -0.418. The summed E-state index contributed by atoms with van der Waals surface area (Å²) in [6.07, 6.45) is 0.576. The summed E-state index contributed by atoms with van der Waals surface area (Å²) in [4.78, 5) is 33.8. The summed E-state index contributed by atoms with van der Waals surface area (Å²) in [5.74, 6) is 0.423. The molecule has 2 aromatic heterocycles. The number of aromatic nitrogens is 2. The van der Waals surface area contributed by atoms with E-state index in [1.54, 1.807) is 19.2 Å². The van der Waals surface area contributed by atoms with Gasteiger partial charge in [-0.1, -0.05) is 61.2 Å². The van der Waals surface area contributed by atoms with Gasteiger partial charge in [0, 0.05) is 10.9 Å². The first-order valence-electron chi connectivity index (χ1n) is 9.78. The largest absolute Gasteiger partial charge is 0.495 e. The third-order valence-corrected chi connectivity index (χ3v) is 6.91. The summed E-state index contributed by atoms with van der Waals surface area (Å²) in [7, 11) is 1.56. The van der Waals surface area contributed by atoms with E-state index < -0.39 is 5.25 Å². The van der Waals surface area contributed by atoms with Crippen molar-refractivity contribution in [3.05, 3.63) is 70.3 Å². The van der Waals surface area contributed by atoms with Gasteiger partial charge in [0.15, 0.2) is 5.16 Å². The lowest BCUT2D eigenvalue weighted by Crippen LogP contribution is -2.25. The van der Waals surface area contributed by atoms with Crippen molar-refractivity contribution in [3.8, 4) is 16.9 Å². The van der Waals surface area contributed by atoms with E-state index in [-0.39, 0.29) is 11.5 Å². The number of para-hydroxylation sites is 2. The smallest absolute Gasteiger partial charge is 0.260 e. The van der Waals surface area contributed by atoms with Crippen LogP contribution in [0.1, 0.15) is 13.3 Å². The number of thiophene rings is 1. The fraction of sp³-hybridized carbons (Fsp3) is 0.174. The van der Waals surface area contributed by atoms with Crippen LogP contribution in [0.25, 0.3) is 21.3 Å². The molecule has 2 N–H and O–H groups in total. The number of ether oxygens (including phenoxy) is 1. The Labute approximate surface area is 187 Å². The maximum Gasteiger partial charge on any atom is 0.260 e. The maximum atomic E-state index is 12.8. The number of carbonyl (C=O) groups excluding carboxylic acids is 1. The third-order valence-electron chi connectivity index (χ3n) is 4.79. The molecule has 31 heavy (non-hydrogen) atoms. The number of H-pyrrole nitrogens is 1. The highest BCUT2D eigenvalue weighted by Gasteiger charge is 2.22. The molecule has 4 aromatic rings. The molecule has 1 unspecified atom stereocenters. The van der Waals surface area contributed by atoms with Gasteiger partial charge in [0.1, 0.15) is 10.6 Å². The SMILES string of the molecule is CCC(Sc1nc2scc(-c3ccccc3)c2c(=O)[nH]1)C(=O)Nc1ccccc1OC. The van der Waals surface area contributed by atoms with Gasteiger partial charge in [0.2, 0.25) is 5.91 Å². The summed E-state index contributed by atoms with van der Waals surface area (Å²) in [6.45, 7) is 1.93. The first-order valence-corrected chi connectivity index (χ1v) is 11.5. The Bertz CT molecular complexity index is 1270. The molecule has 0 saturated heterocycles. The Morgan fingerprint density at radius 3 is 2.68 bits per heavy atom. The summed E-state index contributed by atoms with van der Waals surface area (Å²) in [6, 6.07) is 17.0. The highest BCUT2D eigenvalue weighted by atomic mass is 32.2. The van der Waals surface area contributed by atoms with E-state index in [9.17, 15) is 9.59 Å². The number of thioether (sulfide) groups is 1. The molecule has 0 bridgehead atoms. The van der Waals surface area contributed by atoms with Gasteiger partial charge in [-0.25, -0.2) is 4.98 Å². The summed E-state index contributed by atoms with van der Waals surface area (Å²) >= 11 is 2.68. The highest BCUT2D eigenvalue weighted by Crippen LogP contribution is 2.32. The van der Waals surface area contributed by atoms with Gasteiger partial charge in [-0.3, -0.25) is 9.59 Å². The molecule has 0 aliphatic rings. The van der Waals surface area contributed by atoms with E-state index in [2.05, 4.69) is 15.3 Å². The predicted molar refractivity (Wildman–Crippen MR) is 127 cm³/mol. The van der Waals surface area contributed by atoms with Gasteiger partial charge in [-0.2, -0.15) is 0 Å². The van der Waals surface area contributed by atoms with Gasteiger partial charge in [-0.15, -0.1) is 11.3 Å². The molecule has 158 valence electrons. The highest BCUT2D eigenvalue weighted by molar-refractivity contribution is 8.00. The second-order valence-corrected chi connectivity index (χ2v) is 8.82. The molecule has 1 atom stereocenters. The van der Waals surface area contributed by atoms with Crippen molar-refractivity contribution in [2.45, 2.75) is 23.8 Å². The Morgan fingerprint density at radius 1 is 1.19 bits per heavy atom. The molecule has 2 heterocycles. The van der Waals surface area contributed by atoms with Gasteiger partial charge in [0.25, 0.3) is 5.56 Å². The maximum absolute atomic E-state index is 12.8. The van der Waals surface area contributed by atoms with Crippen molar-refractivity contribution in [1.82, 2.24) is 9.97 Å². The van der Waals surface area contributed by atoms with Crippen molar-refractivity contribution in [1.29, 1.82) is 0 Å². The van der Waals surface area contributed by atoms with Gasteiger partial charge < -0.3 is 15.0 Å². The standard InChI is InChI=1S/C23H21N3O3S2/c1-3-18(20(27)24-16-11-7-8-12-17(16)29-2)31-23-25-21(28)19-15(13-30-22(19)26-23)14-9-5-4-6-10-14/h4-13,18H,3H2,1-2H3,(H,24,27)(H,25,26,28). The Balaban J connectivity index is 1.58. The molecule has 0 spiro atoms.